The normalized spacial score (nSPS) is 10.2. The molecular weight excluding hydrogens is 313 g/mol. The van der Waals surface area contributed by atoms with E-state index in [9.17, 15) is 9.18 Å². The number of primary amides is 1. The van der Waals surface area contributed by atoms with Gasteiger partial charge in [0.05, 0.1) is 10.0 Å². The van der Waals surface area contributed by atoms with Crippen molar-refractivity contribution in [3.05, 3.63) is 63.9 Å². The first-order valence-electron chi connectivity index (χ1n) is 5.54. The molecule has 3 nitrogen and oxygen atoms in total. The van der Waals surface area contributed by atoms with E-state index < -0.39 is 5.91 Å². The number of amides is 1. The van der Waals surface area contributed by atoms with Gasteiger partial charge >= 0.3 is 0 Å². The van der Waals surface area contributed by atoms with Crippen LogP contribution in [0.4, 0.5) is 4.39 Å². The molecule has 0 spiro atoms. The molecular formula is C14H11BrFNO2. The molecule has 0 radical (unpaired) electrons. The van der Waals surface area contributed by atoms with Gasteiger partial charge in [-0.1, -0.05) is 24.3 Å². The average molecular weight is 324 g/mol. The molecule has 0 unspecified atom stereocenters. The van der Waals surface area contributed by atoms with Crippen LogP contribution in [-0.4, -0.2) is 5.91 Å². The first-order chi connectivity index (χ1) is 9.09. The van der Waals surface area contributed by atoms with E-state index in [2.05, 4.69) is 15.9 Å². The molecule has 2 N–H and O–H groups in total. The van der Waals surface area contributed by atoms with Crippen molar-refractivity contribution in [1.82, 2.24) is 0 Å². The van der Waals surface area contributed by atoms with Gasteiger partial charge in [-0.25, -0.2) is 4.39 Å². The highest BCUT2D eigenvalue weighted by Crippen LogP contribution is 2.23. The third-order valence-electron chi connectivity index (χ3n) is 2.57. The summed E-state index contributed by atoms with van der Waals surface area (Å²) < 4.78 is 19.2. The van der Waals surface area contributed by atoms with Crippen LogP contribution in [0.2, 0.25) is 0 Å². The van der Waals surface area contributed by atoms with E-state index in [1.165, 1.54) is 6.07 Å². The lowest BCUT2D eigenvalue weighted by atomic mass is 10.2. The standard InChI is InChI=1S/C14H11BrFNO2/c15-13-9(4-3-6-11(13)16)8-19-12-7-2-1-5-10(12)14(17)18/h1-7H,8H2,(H2,17,18). The Bertz CT molecular complexity index is 616. The number of hydrogen-bond acceptors (Lipinski definition) is 2. The Hall–Kier alpha value is -1.88. The summed E-state index contributed by atoms with van der Waals surface area (Å²) in [7, 11) is 0. The van der Waals surface area contributed by atoms with Crippen molar-refractivity contribution < 1.29 is 13.9 Å². The highest BCUT2D eigenvalue weighted by Gasteiger charge is 2.10. The zero-order valence-electron chi connectivity index (χ0n) is 9.90. The Kier molecular flexibility index (Phi) is 4.16. The van der Waals surface area contributed by atoms with Gasteiger partial charge < -0.3 is 10.5 Å². The van der Waals surface area contributed by atoms with Gasteiger partial charge in [0.2, 0.25) is 0 Å². The number of rotatable bonds is 4. The molecule has 0 aliphatic heterocycles. The number of carbonyl (C=O) groups is 1. The van der Waals surface area contributed by atoms with Crippen LogP contribution < -0.4 is 10.5 Å². The highest BCUT2D eigenvalue weighted by atomic mass is 79.9. The SMILES string of the molecule is NC(=O)c1ccccc1OCc1cccc(F)c1Br. The van der Waals surface area contributed by atoms with Gasteiger partial charge in [0.25, 0.3) is 5.91 Å². The molecule has 0 fully saturated rings. The minimum atomic E-state index is -0.561. The average Bonchev–Trinajstić information content (AvgIpc) is 2.40. The monoisotopic (exact) mass is 323 g/mol. The largest absolute Gasteiger partial charge is 0.488 e. The summed E-state index contributed by atoms with van der Waals surface area (Å²) in [5, 5.41) is 0. The molecule has 0 saturated heterocycles. The summed E-state index contributed by atoms with van der Waals surface area (Å²) in [6, 6.07) is 11.3. The fourth-order valence-electron chi connectivity index (χ4n) is 1.61. The smallest absolute Gasteiger partial charge is 0.252 e. The van der Waals surface area contributed by atoms with Crippen LogP contribution in [0.25, 0.3) is 0 Å². The molecule has 1 amide bonds. The molecule has 2 rings (SSSR count). The van der Waals surface area contributed by atoms with E-state index in [4.69, 9.17) is 10.5 Å². The molecule has 0 heterocycles. The van der Waals surface area contributed by atoms with E-state index in [0.29, 0.717) is 21.3 Å². The minimum Gasteiger partial charge on any atom is -0.488 e. The molecule has 98 valence electrons. The second-order valence-electron chi connectivity index (χ2n) is 3.86. The molecule has 0 bridgehead atoms. The van der Waals surface area contributed by atoms with Gasteiger partial charge in [-0.05, 0) is 34.1 Å². The Labute approximate surface area is 118 Å². The molecule has 0 aliphatic rings. The Morgan fingerprint density at radius 2 is 1.95 bits per heavy atom. The molecule has 5 heteroatoms. The summed E-state index contributed by atoms with van der Waals surface area (Å²) in [4.78, 5) is 11.2. The summed E-state index contributed by atoms with van der Waals surface area (Å²) in [6.07, 6.45) is 0. The van der Waals surface area contributed by atoms with Gasteiger partial charge in [-0.15, -0.1) is 0 Å². The van der Waals surface area contributed by atoms with E-state index in [0.717, 1.165) is 0 Å². The lowest BCUT2D eigenvalue weighted by molar-refractivity contribution is 0.0996. The maximum absolute atomic E-state index is 13.3. The van der Waals surface area contributed by atoms with Crippen LogP contribution in [0, 0.1) is 5.82 Å². The molecule has 2 aromatic rings. The first-order valence-corrected chi connectivity index (χ1v) is 6.33. The van der Waals surface area contributed by atoms with Crippen molar-refractivity contribution in [3.63, 3.8) is 0 Å². The van der Waals surface area contributed by atoms with E-state index in [1.807, 2.05) is 0 Å². The summed E-state index contributed by atoms with van der Waals surface area (Å²) in [5.41, 5.74) is 6.20. The van der Waals surface area contributed by atoms with Crippen LogP contribution >= 0.6 is 15.9 Å². The Morgan fingerprint density at radius 1 is 1.21 bits per heavy atom. The van der Waals surface area contributed by atoms with Crippen LogP contribution in [0.5, 0.6) is 5.75 Å². The fraction of sp³-hybridized carbons (Fsp3) is 0.0714. The van der Waals surface area contributed by atoms with Crippen LogP contribution in [0.3, 0.4) is 0 Å². The van der Waals surface area contributed by atoms with Crippen molar-refractivity contribution in [1.29, 1.82) is 0 Å². The number of hydrogen-bond donors (Lipinski definition) is 1. The molecule has 2 aromatic carbocycles. The van der Waals surface area contributed by atoms with Crippen LogP contribution in [-0.2, 0) is 6.61 Å². The minimum absolute atomic E-state index is 0.142. The summed E-state index contributed by atoms with van der Waals surface area (Å²) in [6.45, 7) is 0.142. The molecule has 0 saturated carbocycles. The van der Waals surface area contributed by atoms with E-state index in [1.54, 1.807) is 36.4 Å². The zero-order chi connectivity index (χ0) is 13.8. The third kappa shape index (κ3) is 3.12. The van der Waals surface area contributed by atoms with Gasteiger partial charge in [0, 0.05) is 5.56 Å². The number of benzene rings is 2. The maximum Gasteiger partial charge on any atom is 0.252 e. The fourth-order valence-corrected chi connectivity index (χ4v) is 1.99. The lowest BCUT2D eigenvalue weighted by Gasteiger charge is -2.10. The number of nitrogens with two attached hydrogens (primary N) is 1. The third-order valence-corrected chi connectivity index (χ3v) is 3.46. The van der Waals surface area contributed by atoms with Gasteiger partial charge in [0.1, 0.15) is 18.2 Å². The van der Waals surface area contributed by atoms with Crippen molar-refractivity contribution in [2.75, 3.05) is 0 Å². The molecule has 19 heavy (non-hydrogen) atoms. The maximum atomic E-state index is 13.3. The van der Waals surface area contributed by atoms with Crippen molar-refractivity contribution in [2.45, 2.75) is 6.61 Å². The van der Waals surface area contributed by atoms with Crippen molar-refractivity contribution in [2.24, 2.45) is 5.73 Å². The van der Waals surface area contributed by atoms with Crippen molar-refractivity contribution >= 4 is 21.8 Å². The number of carbonyl (C=O) groups excluding carboxylic acids is 1. The van der Waals surface area contributed by atoms with Gasteiger partial charge in [0.15, 0.2) is 0 Å². The van der Waals surface area contributed by atoms with Crippen LogP contribution in [0.1, 0.15) is 15.9 Å². The molecule has 0 aliphatic carbocycles. The summed E-state index contributed by atoms with van der Waals surface area (Å²) in [5.74, 6) is -0.538. The highest BCUT2D eigenvalue weighted by molar-refractivity contribution is 9.10. The Balaban J connectivity index is 2.19. The van der Waals surface area contributed by atoms with Gasteiger partial charge in [-0.2, -0.15) is 0 Å². The van der Waals surface area contributed by atoms with E-state index >= 15 is 0 Å². The van der Waals surface area contributed by atoms with Crippen LogP contribution in [0.15, 0.2) is 46.9 Å². The lowest BCUT2D eigenvalue weighted by Crippen LogP contribution is -2.13. The zero-order valence-corrected chi connectivity index (χ0v) is 11.5. The Morgan fingerprint density at radius 3 is 2.68 bits per heavy atom. The second kappa shape index (κ2) is 5.84. The van der Waals surface area contributed by atoms with E-state index in [-0.39, 0.29) is 12.4 Å². The predicted molar refractivity (Wildman–Crippen MR) is 73.4 cm³/mol. The quantitative estimate of drug-likeness (QED) is 0.938. The van der Waals surface area contributed by atoms with Crippen molar-refractivity contribution in [3.8, 4) is 5.75 Å². The van der Waals surface area contributed by atoms with Gasteiger partial charge in [-0.3, -0.25) is 4.79 Å². The number of halogens is 2. The predicted octanol–water partition coefficient (Wildman–Crippen LogP) is 3.27. The molecule has 0 atom stereocenters. The number of para-hydroxylation sites is 1. The topological polar surface area (TPSA) is 52.3 Å². The first kappa shape index (κ1) is 13.5. The second-order valence-corrected chi connectivity index (χ2v) is 4.66. The summed E-state index contributed by atoms with van der Waals surface area (Å²) >= 11 is 3.15. The molecule has 0 aromatic heterocycles. The number of ether oxygens (including phenoxy) is 1.